The number of amides is 2. The molecule has 0 saturated carbocycles. The average molecular weight is 426 g/mol. The Kier molecular flexibility index (Phi) is 5.19. The maximum Gasteiger partial charge on any atom is 0.415 e. The molecule has 1 aromatic carbocycles. The van der Waals surface area contributed by atoms with Crippen molar-refractivity contribution in [2.24, 2.45) is 0 Å². The van der Waals surface area contributed by atoms with Gasteiger partial charge in [-0.05, 0) is 67.6 Å². The molecule has 0 bridgehead atoms. The summed E-state index contributed by atoms with van der Waals surface area (Å²) in [4.78, 5) is 29.6. The molecule has 2 atom stereocenters. The van der Waals surface area contributed by atoms with Gasteiger partial charge in [-0.3, -0.25) is 9.69 Å². The van der Waals surface area contributed by atoms with Crippen LogP contribution >= 0.6 is 0 Å². The Bertz CT molecular complexity index is 1030. The number of nitrogens with zero attached hydrogens (tertiary/aromatic N) is 2. The number of nitrogens with one attached hydrogen (secondary N) is 2. The van der Waals surface area contributed by atoms with E-state index in [0.29, 0.717) is 30.0 Å². The van der Waals surface area contributed by atoms with Gasteiger partial charge < -0.3 is 20.1 Å². The molecule has 0 spiro atoms. The summed E-state index contributed by atoms with van der Waals surface area (Å²) in [6.07, 6.45) is 2.67. The van der Waals surface area contributed by atoms with Crippen LogP contribution in [-0.4, -0.2) is 48.8 Å². The molecule has 3 heterocycles. The molecule has 5 rings (SSSR count). The Labute approximate surface area is 178 Å². The topological polar surface area (TPSA) is 92.8 Å². The van der Waals surface area contributed by atoms with Crippen LogP contribution in [0.4, 0.5) is 20.8 Å². The van der Waals surface area contributed by atoms with E-state index in [1.807, 2.05) is 6.07 Å². The monoisotopic (exact) mass is 426 g/mol. The van der Waals surface area contributed by atoms with E-state index in [-0.39, 0.29) is 24.4 Å². The summed E-state index contributed by atoms with van der Waals surface area (Å²) in [5.74, 6) is 0.755. The maximum absolute atomic E-state index is 13.4. The van der Waals surface area contributed by atoms with E-state index in [1.165, 1.54) is 16.5 Å². The van der Waals surface area contributed by atoms with E-state index < -0.39 is 6.09 Å². The van der Waals surface area contributed by atoms with Gasteiger partial charge in [0.15, 0.2) is 18.2 Å². The number of rotatable bonds is 6. The Hall–Kier alpha value is -3.20. The Morgan fingerprint density at radius 2 is 2.06 bits per heavy atom. The normalized spacial score (nSPS) is 21.9. The van der Waals surface area contributed by atoms with Gasteiger partial charge in [0.1, 0.15) is 17.7 Å². The van der Waals surface area contributed by atoms with Gasteiger partial charge in [0.05, 0.1) is 6.54 Å². The highest BCUT2D eigenvalue weighted by atomic mass is 19.1. The van der Waals surface area contributed by atoms with Gasteiger partial charge in [0.25, 0.3) is 5.91 Å². The number of hydrogen-bond donors (Lipinski definition) is 2. The quantitative estimate of drug-likeness (QED) is 0.690. The minimum absolute atomic E-state index is 0.0419. The number of halogens is 1. The second kappa shape index (κ2) is 8.14. The summed E-state index contributed by atoms with van der Waals surface area (Å²) in [5.41, 5.74) is 2.29. The van der Waals surface area contributed by atoms with Crippen molar-refractivity contribution >= 4 is 23.6 Å². The first-order valence-corrected chi connectivity index (χ1v) is 10.5. The largest absolute Gasteiger partial charge is 0.480 e. The molecule has 9 heteroatoms. The zero-order valence-corrected chi connectivity index (χ0v) is 16.9. The van der Waals surface area contributed by atoms with Gasteiger partial charge in [0, 0.05) is 6.04 Å². The summed E-state index contributed by atoms with van der Waals surface area (Å²) in [6, 6.07) is 8.69. The van der Waals surface area contributed by atoms with Crippen LogP contribution in [0, 0.1) is 5.82 Å². The number of fused-ring (bicyclic) bond motifs is 2. The number of carbonyl (C=O) groups excluding carboxylic acids is 2. The molecule has 0 radical (unpaired) electrons. The van der Waals surface area contributed by atoms with Gasteiger partial charge in [-0.15, -0.1) is 0 Å². The molecule has 1 aromatic heterocycles. The molecule has 2 aromatic rings. The molecular formula is C22H23FN4O4. The fraction of sp³-hybridized carbons (Fsp3) is 0.409. The average Bonchev–Trinajstić information content (AvgIpc) is 3.33. The van der Waals surface area contributed by atoms with Crippen molar-refractivity contribution in [3.05, 3.63) is 47.3 Å². The Morgan fingerprint density at radius 1 is 1.19 bits per heavy atom. The molecule has 1 fully saturated rings. The van der Waals surface area contributed by atoms with E-state index in [0.717, 1.165) is 37.8 Å². The summed E-state index contributed by atoms with van der Waals surface area (Å²) in [6.45, 7) is 1.17. The van der Waals surface area contributed by atoms with Crippen molar-refractivity contribution in [3.63, 3.8) is 0 Å². The van der Waals surface area contributed by atoms with Crippen LogP contribution in [-0.2, 0) is 22.4 Å². The van der Waals surface area contributed by atoms with Crippen molar-refractivity contribution in [2.75, 3.05) is 29.9 Å². The van der Waals surface area contributed by atoms with Crippen molar-refractivity contribution < 1.29 is 23.5 Å². The third-order valence-electron chi connectivity index (χ3n) is 5.85. The van der Waals surface area contributed by atoms with Gasteiger partial charge >= 0.3 is 6.09 Å². The molecule has 2 amide bonds. The van der Waals surface area contributed by atoms with Crippen molar-refractivity contribution in [3.8, 4) is 5.75 Å². The van der Waals surface area contributed by atoms with Crippen molar-refractivity contribution in [1.29, 1.82) is 0 Å². The molecule has 3 aliphatic rings. The van der Waals surface area contributed by atoms with E-state index in [9.17, 15) is 14.0 Å². The number of hydrogen-bond acceptors (Lipinski definition) is 6. The molecule has 162 valence electrons. The highest BCUT2D eigenvalue weighted by Crippen LogP contribution is 2.30. The SMILES string of the molecule is O=C1COc2ccc(N3CC(CCCNC4Cc5ccc(F)cc5C4)OC3=O)nc2N1. The number of cyclic esters (lactones) is 1. The van der Waals surface area contributed by atoms with Crippen LogP contribution in [0.2, 0.25) is 0 Å². The van der Waals surface area contributed by atoms with E-state index in [4.69, 9.17) is 9.47 Å². The third kappa shape index (κ3) is 4.18. The van der Waals surface area contributed by atoms with Gasteiger partial charge in [-0.25, -0.2) is 14.2 Å². The summed E-state index contributed by atoms with van der Waals surface area (Å²) in [7, 11) is 0. The molecule has 2 aliphatic heterocycles. The number of ether oxygens (including phenoxy) is 2. The van der Waals surface area contributed by atoms with E-state index in [1.54, 1.807) is 18.2 Å². The lowest BCUT2D eigenvalue weighted by molar-refractivity contribution is -0.118. The lowest BCUT2D eigenvalue weighted by atomic mass is 10.1. The lowest BCUT2D eigenvalue weighted by Crippen LogP contribution is -2.31. The molecule has 2 unspecified atom stereocenters. The smallest absolute Gasteiger partial charge is 0.415 e. The number of anilines is 2. The first-order valence-electron chi connectivity index (χ1n) is 10.5. The van der Waals surface area contributed by atoms with Crippen molar-refractivity contribution in [1.82, 2.24) is 10.3 Å². The minimum atomic E-state index is -0.443. The molecule has 1 aliphatic carbocycles. The maximum atomic E-state index is 13.4. The zero-order valence-electron chi connectivity index (χ0n) is 16.9. The van der Waals surface area contributed by atoms with Crippen LogP contribution in [0.1, 0.15) is 24.0 Å². The summed E-state index contributed by atoms with van der Waals surface area (Å²) >= 11 is 0. The first-order chi connectivity index (χ1) is 15.0. The van der Waals surface area contributed by atoms with Crippen LogP contribution in [0.25, 0.3) is 0 Å². The first kappa shape index (κ1) is 19.7. The molecule has 1 saturated heterocycles. The van der Waals surface area contributed by atoms with Gasteiger partial charge in [-0.2, -0.15) is 0 Å². The Balaban J connectivity index is 1.10. The Morgan fingerprint density at radius 3 is 2.97 bits per heavy atom. The van der Waals surface area contributed by atoms with Crippen LogP contribution in [0.15, 0.2) is 30.3 Å². The second-order valence-corrected chi connectivity index (χ2v) is 8.08. The predicted octanol–water partition coefficient (Wildman–Crippen LogP) is 2.41. The highest BCUT2D eigenvalue weighted by molar-refractivity contribution is 5.95. The van der Waals surface area contributed by atoms with Gasteiger partial charge in [-0.1, -0.05) is 6.07 Å². The second-order valence-electron chi connectivity index (χ2n) is 8.08. The molecule has 2 N–H and O–H groups in total. The number of carbonyl (C=O) groups is 2. The van der Waals surface area contributed by atoms with E-state index >= 15 is 0 Å². The zero-order chi connectivity index (χ0) is 21.4. The number of aromatic nitrogens is 1. The molecule has 8 nitrogen and oxygen atoms in total. The molecule has 31 heavy (non-hydrogen) atoms. The summed E-state index contributed by atoms with van der Waals surface area (Å²) < 4.78 is 24.1. The van der Waals surface area contributed by atoms with Crippen LogP contribution in [0.3, 0.4) is 0 Å². The minimum Gasteiger partial charge on any atom is -0.480 e. The fourth-order valence-corrected chi connectivity index (χ4v) is 4.33. The van der Waals surface area contributed by atoms with Crippen LogP contribution in [0.5, 0.6) is 5.75 Å². The summed E-state index contributed by atoms with van der Waals surface area (Å²) in [5, 5.41) is 6.17. The standard InChI is InChI=1S/C22H23FN4O4/c23-15-4-3-13-9-16(10-14(13)8-15)24-7-1-2-17-11-27(22(29)31-17)19-6-5-18-21(25-19)26-20(28)12-30-18/h3-6,8,16-17,24H,1-2,7,9-12H2,(H,25,26,28). The van der Waals surface area contributed by atoms with Crippen LogP contribution < -0.4 is 20.3 Å². The lowest BCUT2D eigenvalue weighted by Gasteiger charge is -2.19. The van der Waals surface area contributed by atoms with Crippen molar-refractivity contribution in [2.45, 2.75) is 37.8 Å². The highest BCUT2D eigenvalue weighted by Gasteiger charge is 2.33. The molecular weight excluding hydrogens is 403 g/mol. The number of benzene rings is 1. The third-order valence-corrected chi connectivity index (χ3v) is 5.85. The predicted molar refractivity (Wildman–Crippen MR) is 111 cm³/mol. The van der Waals surface area contributed by atoms with E-state index in [2.05, 4.69) is 15.6 Å². The fourth-order valence-electron chi connectivity index (χ4n) is 4.33. The number of pyridine rings is 1. The van der Waals surface area contributed by atoms with Gasteiger partial charge in [0.2, 0.25) is 0 Å².